The Morgan fingerprint density at radius 3 is 2.55 bits per heavy atom. The van der Waals surface area contributed by atoms with E-state index in [0.29, 0.717) is 17.3 Å². The molecule has 0 spiro atoms. The van der Waals surface area contributed by atoms with Gasteiger partial charge in [-0.1, -0.05) is 28.9 Å². The van der Waals surface area contributed by atoms with Gasteiger partial charge in [0.2, 0.25) is 0 Å². The Kier molecular flexibility index (Phi) is 7.36. The molecular formula is C14H21ClN2O3. The standard InChI is InChI=1S/C14H21ClN2O3/c1-10(2)19-8-13(18)9-20-17-14(16)7-11-3-5-12(15)6-4-11/h3-6,10,13,18H,7-9H2,1-2H3,(H2,16,17). The van der Waals surface area contributed by atoms with E-state index in [1.54, 1.807) is 12.1 Å². The van der Waals surface area contributed by atoms with Crippen LogP contribution < -0.4 is 5.73 Å². The van der Waals surface area contributed by atoms with Gasteiger partial charge in [0.25, 0.3) is 0 Å². The van der Waals surface area contributed by atoms with Crippen LogP contribution in [0.5, 0.6) is 0 Å². The molecule has 0 amide bonds. The Balaban J connectivity index is 2.29. The van der Waals surface area contributed by atoms with Gasteiger partial charge in [0.15, 0.2) is 0 Å². The van der Waals surface area contributed by atoms with Crippen molar-refractivity contribution in [2.75, 3.05) is 13.2 Å². The van der Waals surface area contributed by atoms with Gasteiger partial charge >= 0.3 is 0 Å². The molecule has 112 valence electrons. The smallest absolute Gasteiger partial charge is 0.145 e. The number of hydrogen-bond donors (Lipinski definition) is 2. The van der Waals surface area contributed by atoms with Crippen molar-refractivity contribution in [3.8, 4) is 0 Å². The lowest BCUT2D eigenvalue weighted by atomic mass is 10.1. The molecule has 0 aliphatic rings. The van der Waals surface area contributed by atoms with E-state index in [-0.39, 0.29) is 19.3 Å². The highest BCUT2D eigenvalue weighted by molar-refractivity contribution is 6.30. The van der Waals surface area contributed by atoms with E-state index in [0.717, 1.165) is 5.56 Å². The fourth-order valence-electron chi connectivity index (χ4n) is 1.40. The largest absolute Gasteiger partial charge is 0.392 e. The zero-order valence-corrected chi connectivity index (χ0v) is 12.5. The van der Waals surface area contributed by atoms with Crippen molar-refractivity contribution in [1.82, 2.24) is 0 Å². The van der Waals surface area contributed by atoms with Crippen LogP contribution in [0.3, 0.4) is 0 Å². The highest BCUT2D eigenvalue weighted by atomic mass is 35.5. The van der Waals surface area contributed by atoms with E-state index < -0.39 is 6.10 Å². The van der Waals surface area contributed by atoms with E-state index in [9.17, 15) is 5.11 Å². The third kappa shape index (κ3) is 7.33. The lowest BCUT2D eigenvalue weighted by Crippen LogP contribution is -2.24. The SMILES string of the molecule is CC(C)OCC(O)CO/N=C(/N)Cc1ccc(Cl)cc1. The number of hydrogen-bond acceptors (Lipinski definition) is 4. The maximum atomic E-state index is 9.56. The van der Waals surface area contributed by atoms with Crippen LogP contribution >= 0.6 is 11.6 Å². The van der Waals surface area contributed by atoms with E-state index in [1.807, 2.05) is 26.0 Å². The molecule has 0 radical (unpaired) electrons. The summed E-state index contributed by atoms with van der Waals surface area (Å²) in [7, 11) is 0. The molecule has 0 bridgehead atoms. The Labute approximate surface area is 124 Å². The van der Waals surface area contributed by atoms with E-state index in [4.69, 9.17) is 26.9 Å². The Morgan fingerprint density at radius 1 is 1.30 bits per heavy atom. The molecule has 3 N–H and O–H groups in total. The summed E-state index contributed by atoms with van der Waals surface area (Å²) in [6, 6.07) is 7.32. The van der Waals surface area contributed by atoms with E-state index >= 15 is 0 Å². The maximum absolute atomic E-state index is 9.56. The summed E-state index contributed by atoms with van der Waals surface area (Å²) in [5.41, 5.74) is 6.72. The number of benzene rings is 1. The van der Waals surface area contributed by atoms with Crippen LogP contribution in [0.2, 0.25) is 5.02 Å². The minimum atomic E-state index is -0.718. The molecule has 0 aliphatic heterocycles. The summed E-state index contributed by atoms with van der Waals surface area (Å²) in [6.45, 7) is 4.06. The van der Waals surface area contributed by atoms with Gasteiger partial charge in [-0.25, -0.2) is 0 Å². The second kappa shape index (κ2) is 8.79. The predicted molar refractivity (Wildman–Crippen MR) is 79.8 cm³/mol. The van der Waals surface area contributed by atoms with Crippen molar-refractivity contribution < 1.29 is 14.7 Å². The molecule has 1 rings (SSSR count). The van der Waals surface area contributed by atoms with E-state index in [1.165, 1.54) is 0 Å². The maximum Gasteiger partial charge on any atom is 0.145 e. The van der Waals surface area contributed by atoms with Crippen LogP contribution in [0.1, 0.15) is 19.4 Å². The zero-order chi connectivity index (χ0) is 15.0. The van der Waals surface area contributed by atoms with Crippen molar-refractivity contribution in [3.63, 3.8) is 0 Å². The van der Waals surface area contributed by atoms with Crippen LogP contribution in [-0.4, -0.2) is 36.4 Å². The predicted octanol–water partition coefficient (Wildman–Crippen LogP) is 1.96. The number of amidine groups is 1. The number of nitrogens with two attached hydrogens (primary N) is 1. The fraction of sp³-hybridized carbons (Fsp3) is 0.500. The number of aliphatic hydroxyl groups is 1. The van der Waals surface area contributed by atoms with Gasteiger partial charge in [0.05, 0.1) is 12.7 Å². The van der Waals surface area contributed by atoms with Gasteiger partial charge in [-0.2, -0.15) is 0 Å². The van der Waals surface area contributed by atoms with Gasteiger partial charge in [0.1, 0.15) is 18.5 Å². The van der Waals surface area contributed by atoms with Crippen LogP contribution in [-0.2, 0) is 16.0 Å². The summed E-state index contributed by atoms with van der Waals surface area (Å²) < 4.78 is 5.25. The quantitative estimate of drug-likeness (QED) is 0.437. The zero-order valence-electron chi connectivity index (χ0n) is 11.8. The molecule has 1 aromatic carbocycles. The molecule has 0 fully saturated rings. The minimum Gasteiger partial charge on any atom is -0.392 e. The number of halogens is 1. The molecular weight excluding hydrogens is 280 g/mol. The molecule has 0 heterocycles. The molecule has 1 unspecified atom stereocenters. The van der Waals surface area contributed by atoms with Gasteiger partial charge < -0.3 is 20.4 Å². The Hall–Kier alpha value is -1.30. The first kappa shape index (κ1) is 16.8. The minimum absolute atomic E-state index is 0.0496. The highest BCUT2D eigenvalue weighted by Gasteiger charge is 2.06. The van der Waals surface area contributed by atoms with Gasteiger partial charge in [-0.05, 0) is 31.5 Å². The normalized spacial score (nSPS) is 13.6. The molecule has 6 heteroatoms. The summed E-state index contributed by atoms with van der Waals surface area (Å²) in [6.07, 6.45) is -0.178. The van der Waals surface area contributed by atoms with Crippen LogP contribution in [0, 0.1) is 0 Å². The molecule has 0 aromatic heterocycles. The number of rotatable bonds is 8. The number of aliphatic hydroxyl groups excluding tert-OH is 1. The average Bonchev–Trinajstić information content (AvgIpc) is 2.39. The van der Waals surface area contributed by atoms with Crippen molar-refractivity contribution >= 4 is 17.4 Å². The van der Waals surface area contributed by atoms with Crippen LogP contribution in [0.25, 0.3) is 0 Å². The van der Waals surface area contributed by atoms with Crippen molar-refractivity contribution in [2.45, 2.75) is 32.5 Å². The topological polar surface area (TPSA) is 77.1 Å². The number of ether oxygens (including phenoxy) is 1. The Bertz CT molecular complexity index is 421. The van der Waals surface area contributed by atoms with Crippen molar-refractivity contribution in [2.24, 2.45) is 10.9 Å². The highest BCUT2D eigenvalue weighted by Crippen LogP contribution is 2.09. The summed E-state index contributed by atoms with van der Waals surface area (Å²) in [4.78, 5) is 4.99. The summed E-state index contributed by atoms with van der Waals surface area (Å²) in [5, 5.41) is 14.0. The van der Waals surface area contributed by atoms with Gasteiger partial charge in [-0.3, -0.25) is 0 Å². The molecule has 1 atom stereocenters. The lowest BCUT2D eigenvalue weighted by molar-refractivity contribution is -0.0347. The Morgan fingerprint density at radius 2 is 1.95 bits per heavy atom. The van der Waals surface area contributed by atoms with Crippen molar-refractivity contribution in [3.05, 3.63) is 34.9 Å². The van der Waals surface area contributed by atoms with E-state index in [2.05, 4.69) is 5.16 Å². The monoisotopic (exact) mass is 300 g/mol. The molecule has 5 nitrogen and oxygen atoms in total. The number of oxime groups is 1. The van der Waals surface area contributed by atoms with Crippen LogP contribution in [0.15, 0.2) is 29.4 Å². The number of nitrogens with zero attached hydrogens (tertiary/aromatic N) is 1. The van der Waals surface area contributed by atoms with Crippen molar-refractivity contribution in [1.29, 1.82) is 0 Å². The molecule has 20 heavy (non-hydrogen) atoms. The molecule has 0 saturated carbocycles. The summed E-state index contributed by atoms with van der Waals surface area (Å²) in [5.74, 6) is 0.337. The van der Waals surface area contributed by atoms with Gasteiger partial charge in [0, 0.05) is 11.4 Å². The first-order chi connectivity index (χ1) is 9.47. The molecule has 0 aliphatic carbocycles. The second-order valence-electron chi connectivity index (χ2n) is 4.72. The average molecular weight is 301 g/mol. The summed E-state index contributed by atoms with van der Waals surface area (Å²) >= 11 is 5.79. The second-order valence-corrected chi connectivity index (χ2v) is 5.15. The third-order valence-electron chi connectivity index (χ3n) is 2.37. The van der Waals surface area contributed by atoms with Gasteiger partial charge in [-0.15, -0.1) is 0 Å². The lowest BCUT2D eigenvalue weighted by Gasteiger charge is -2.12. The molecule has 1 aromatic rings. The first-order valence-corrected chi connectivity index (χ1v) is 6.83. The third-order valence-corrected chi connectivity index (χ3v) is 2.62. The molecule has 0 saturated heterocycles. The van der Waals surface area contributed by atoms with Crippen LogP contribution in [0.4, 0.5) is 0 Å². The fourth-order valence-corrected chi connectivity index (χ4v) is 1.53. The first-order valence-electron chi connectivity index (χ1n) is 6.45.